The van der Waals surface area contributed by atoms with Gasteiger partial charge in [0.05, 0.1) is 13.0 Å². The smallest absolute Gasteiger partial charge is 0.330 e. The number of carboxylic acids is 1. The Kier molecular flexibility index (Phi) is 7.21. The number of piperidine rings is 1. The molecular formula is C20H28N2O5. The zero-order chi connectivity index (χ0) is 20.0. The number of hydrogen-bond donors (Lipinski definition) is 2. The maximum atomic E-state index is 12.7. The summed E-state index contributed by atoms with van der Waals surface area (Å²) in [5, 5.41) is 12.2. The van der Waals surface area contributed by atoms with Crippen molar-refractivity contribution < 1.29 is 24.2 Å². The third-order valence-corrected chi connectivity index (χ3v) is 5.12. The number of amides is 2. The summed E-state index contributed by atoms with van der Waals surface area (Å²) in [5.74, 6) is -1.26. The zero-order valence-electron chi connectivity index (χ0n) is 16.1. The van der Waals surface area contributed by atoms with Gasteiger partial charge in [-0.25, -0.2) is 4.79 Å². The first-order valence-electron chi connectivity index (χ1n) is 9.33. The number of likely N-dealkylation sites (tertiary alicyclic amines) is 1. The van der Waals surface area contributed by atoms with Crippen molar-refractivity contribution in [2.24, 2.45) is 11.8 Å². The fourth-order valence-electron chi connectivity index (χ4n) is 3.22. The molecule has 2 amide bonds. The van der Waals surface area contributed by atoms with Gasteiger partial charge in [0, 0.05) is 19.0 Å². The van der Waals surface area contributed by atoms with E-state index in [1.165, 1.54) is 7.11 Å². The SMILES string of the molecule is CCC(C)C(=O)N1CCCC(C(=O)NC(C(=O)O)c2ccc(OC)cc2)C1. The van der Waals surface area contributed by atoms with Crippen LogP contribution >= 0.6 is 0 Å². The summed E-state index contributed by atoms with van der Waals surface area (Å²) in [6.45, 7) is 4.83. The third kappa shape index (κ3) is 5.21. The van der Waals surface area contributed by atoms with Crippen LogP contribution < -0.4 is 10.1 Å². The van der Waals surface area contributed by atoms with E-state index in [2.05, 4.69) is 5.32 Å². The lowest BCUT2D eigenvalue weighted by Crippen LogP contribution is -2.48. The summed E-state index contributed by atoms with van der Waals surface area (Å²) in [4.78, 5) is 38.5. The van der Waals surface area contributed by atoms with Crippen LogP contribution in [0.4, 0.5) is 0 Å². The lowest BCUT2D eigenvalue weighted by molar-refractivity contribution is -0.144. The number of methoxy groups -OCH3 is 1. The summed E-state index contributed by atoms with van der Waals surface area (Å²) in [5.41, 5.74) is 0.472. The van der Waals surface area contributed by atoms with Crippen LogP contribution in [0.25, 0.3) is 0 Å². The maximum absolute atomic E-state index is 12.7. The van der Waals surface area contributed by atoms with Crippen molar-refractivity contribution in [3.63, 3.8) is 0 Å². The maximum Gasteiger partial charge on any atom is 0.330 e. The number of aliphatic carboxylic acids is 1. The zero-order valence-corrected chi connectivity index (χ0v) is 16.1. The van der Waals surface area contributed by atoms with E-state index in [0.29, 0.717) is 30.8 Å². The van der Waals surface area contributed by atoms with E-state index < -0.39 is 17.9 Å². The van der Waals surface area contributed by atoms with E-state index in [-0.39, 0.29) is 17.7 Å². The first-order chi connectivity index (χ1) is 12.9. The number of hydrogen-bond acceptors (Lipinski definition) is 4. The molecule has 2 N–H and O–H groups in total. The number of carboxylic acid groups (broad SMARTS) is 1. The molecule has 3 unspecified atom stereocenters. The van der Waals surface area contributed by atoms with E-state index in [0.717, 1.165) is 12.8 Å². The summed E-state index contributed by atoms with van der Waals surface area (Å²) < 4.78 is 5.08. The lowest BCUT2D eigenvalue weighted by atomic mass is 9.94. The Morgan fingerprint density at radius 2 is 1.96 bits per heavy atom. The van der Waals surface area contributed by atoms with Gasteiger partial charge >= 0.3 is 5.97 Å². The molecule has 148 valence electrons. The molecule has 7 nitrogen and oxygen atoms in total. The van der Waals surface area contributed by atoms with Gasteiger partial charge in [-0.05, 0) is 37.0 Å². The van der Waals surface area contributed by atoms with Crippen LogP contribution in [0.5, 0.6) is 5.75 Å². The average molecular weight is 376 g/mol. The van der Waals surface area contributed by atoms with Gasteiger partial charge in [-0.2, -0.15) is 0 Å². The van der Waals surface area contributed by atoms with E-state index in [1.807, 2.05) is 13.8 Å². The molecule has 0 radical (unpaired) electrons. The number of carbonyl (C=O) groups is 3. The van der Waals surface area contributed by atoms with E-state index >= 15 is 0 Å². The van der Waals surface area contributed by atoms with Gasteiger partial charge in [-0.3, -0.25) is 9.59 Å². The van der Waals surface area contributed by atoms with Crippen molar-refractivity contribution in [1.29, 1.82) is 0 Å². The average Bonchev–Trinajstić information content (AvgIpc) is 2.70. The van der Waals surface area contributed by atoms with Crippen LogP contribution in [-0.2, 0) is 14.4 Å². The summed E-state index contributed by atoms with van der Waals surface area (Å²) >= 11 is 0. The molecule has 0 spiro atoms. The molecule has 1 aromatic rings. The molecule has 0 saturated carbocycles. The van der Waals surface area contributed by atoms with Crippen molar-refractivity contribution in [1.82, 2.24) is 10.2 Å². The highest BCUT2D eigenvalue weighted by Gasteiger charge is 2.32. The van der Waals surface area contributed by atoms with E-state index in [4.69, 9.17) is 4.74 Å². The summed E-state index contributed by atoms with van der Waals surface area (Å²) in [6.07, 6.45) is 2.14. The normalized spacial score (nSPS) is 19.1. The van der Waals surface area contributed by atoms with E-state index in [1.54, 1.807) is 29.2 Å². The second-order valence-electron chi connectivity index (χ2n) is 6.99. The van der Waals surface area contributed by atoms with Crippen LogP contribution in [0.3, 0.4) is 0 Å². The Bertz CT molecular complexity index is 673. The highest BCUT2D eigenvalue weighted by atomic mass is 16.5. The number of ether oxygens (including phenoxy) is 1. The highest BCUT2D eigenvalue weighted by molar-refractivity contribution is 5.87. The van der Waals surface area contributed by atoms with E-state index in [9.17, 15) is 19.5 Å². The number of rotatable bonds is 7. The molecule has 7 heteroatoms. The number of benzene rings is 1. The molecule has 27 heavy (non-hydrogen) atoms. The molecule has 2 rings (SSSR count). The molecular weight excluding hydrogens is 348 g/mol. The Labute approximate surface area is 159 Å². The molecule has 1 saturated heterocycles. The molecule has 1 aliphatic rings. The van der Waals surface area contributed by atoms with Gasteiger partial charge in [-0.1, -0.05) is 26.0 Å². The van der Waals surface area contributed by atoms with Crippen LogP contribution in [0, 0.1) is 11.8 Å². The highest BCUT2D eigenvalue weighted by Crippen LogP contribution is 2.22. The van der Waals surface area contributed by atoms with Crippen molar-refractivity contribution in [3.8, 4) is 5.75 Å². The molecule has 1 aromatic carbocycles. The van der Waals surface area contributed by atoms with Gasteiger partial charge in [0.1, 0.15) is 5.75 Å². The predicted octanol–water partition coefficient (Wildman–Crippen LogP) is 2.22. The fraction of sp³-hybridized carbons (Fsp3) is 0.550. The van der Waals surface area contributed by atoms with Gasteiger partial charge in [0.15, 0.2) is 6.04 Å². The van der Waals surface area contributed by atoms with Crippen molar-refractivity contribution in [3.05, 3.63) is 29.8 Å². The molecule has 0 aromatic heterocycles. The van der Waals surface area contributed by atoms with Crippen LogP contribution in [0.2, 0.25) is 0 Å². The molecule has 0 bridgehead atoms. The number of carbonyl (C=O) groups excluding carboxylic acids is 2. The van der Waals surface area contributed by atoms with Crippen LogP contribution in [0.1, 0.15) is 44.7 Å². The minimum Gasteiger partial charge on any atom is -0.497 e. The van der Waals surface area contributed by atoms with Crippen molar-refractivity contribution in [2.45, 2.75) is 39.2 Å². The van der Waals surface area contributed by atoms with Crippen molar-refractivity contribution >= 4 is 17.8 Å². The number of nitrogens with one attached hydrogen (secondary N) is 1. The minimum absolute atomic E-state index is 0.0555. The second kappa shape index (κ2) is 9.39. The Hall–Kier alpha value is -2.57. The van der Waals surface area contributed by atoms with Gasteiger partial charge in [0.2, 0.25) is 11.8 Å². The first-order valence-corrected chi connectivity index (χ1v) is 9.33. The largest absolute Gasteiger partial charge is 0.497 e. The summed E-state index contributed by atoms with van der Waals surface area (Å²) in [6, 6.07) is 5.42. The molecule has 3 atom stereocenters. The Morgan fingerprint density at radius 1 is 1.30 bits per heavy atom. The fourth-order valence-corrected chi connectivity index (χ4v) is 3.22. The second-order valence-corrected chi connectivity index (χ2v) is 6.99. The van der Waals surface area contributed by atoms with Gasteiger partial charge < -0.3 is 20.1 Å². The van der Waals surface area contributed by atoms with Gasteiger partial charge in [-0.15, -0.1) is 0 Å². The predicted molar refractivity (Wildman–Crippen MR) is 100 cm³/mol. The van der Waals surface area contributed by atoms with Crippen LogP contribution in [-0.4, -0.2) is 48.0 Å². The molecule has 1 heterocycles. The summed E-state index contributed by atoms with van der Waals surface area (Å²) in [7, 11) is 1.53. The quantitative estimate of drug-likeness (QED) is 0.761. The monoisotopic (exact) mass is 376 g/mol. The lowest BCUT2D eigenvalue weighted by Gasteiger charge is -2.34. The molecule has 1 fully saturated rings. The molecule has 0 aliphatic carbocycles. The van der Waals surface area contributed by atoms with Crippen LogP contribution in [0.15, 0.2) is 24.3 Å². The standard InChI is InChI=1S/C20H28N2O5/c1-4-13(2)19(24)22-11-5-6-15(12-22)18(23)21-17(20(25)26)14-7-9-16(27-3)10-8-14/h7-10,13,15,17H,4-6,11-12H2,1-3H3,(H,21,23)(H,25,26). The first kappa shape index (κ1) is 20.7. The Balaban J connectivity index is 2.06. The topological polar surface area (TPSA) is 95.9 Å². The Morgan fingerprint density at radius 3 is 2.52 bits per heavy atom. The third-order valence-electron chi connectivity index (χ3n) is 5.12. The van der Waals surface area contributed by atoms with Gasteiger partial charge in [0.25, 0.3) is 0 Å². The minimum atomic E-state index is -1.14. The number of nitrogens with zero attached hydrogens (tertiary/aromatic N) is 1. The van der Waals surface area contributed by atoms with Crippen molar-refractivity contribution in [2.75, 3.05) is 20.2 Å². The molecule has 1 aliphatic heterocycles.